The van der Waals surface area contributed by atoms with Gasteiger partial charge in [0.1, 0.15) is 0 Å². The normalized spacial score (nSPS) is 10.3. The minimum absolute atomic E-state index is 0.278. The largest absolute Gasteiger partial charge is 0.294 e. The van der Waals surface area contributed by atoms with Crippen LogP contribution in [0, 0.1) is 0 Å². The molecule has 0 radical (unpaired) electrons. The zero-order chi connectivity index (χ0) is 11.1. The summed E-state index contributed by atoms with van der Waals surface area (Å²) in [5.41, 5.74) is 2.19. The number of ketones is 1. The van der Waals surface area contributed by atoms with Crippen molar-refractivity contribution in [2.75, 3.05) is 0 Å². The molecular formula is C14H20O. The molecule has 0 amide bonds. The molecule has 0 spiro atoms. The zero-order valence-electron chi connectivity index (χ0n) is 9.75. The van der Waals surface area contributed by atoms with E-state index in [2.05, 4.69) is 26.0 Å². The molecule has 0 atom stereocenters. The van der Waals surface area contributed by atoms with Crippen LogP contribution in [0.2, 0.25) is 0 Å². The summed E-state index contributed by atoms with van der Waals surface area (Å²) >= 11 is 0. The second-order valence-corrected chi connectivity index (χ2v) is 3.97. The Kier molecular flexibility index (Phi) is 5.09. The van der Waals surface area contributed by atoms with Crippen LogP contribution in [0.25, 0.3) is 0 Å². The van der Waals surface area contributed by atoms with Gasteiger partial charge in [-0.1, -0.05) is 51.0 Å². The standard InChI is InChI=1S/C14H20O/c1-3-5-7-14(15)13-10-8-12(6-4-2)9-11-13/h8-11H,3-7H2,1-2H3. The first-order valence-electron chi connectivity index (χ1n) is 5.90. The van der Waals surface area contributed by atoms with Crippen molar-refractivity contribution in [3.05, 3.63) is 35.4 Å². The van der Waals surface area contributed by atoms with E-state index in [1.54, 1.807) is 0 Å². The Balaban J connectivity index is 2.58. The summed E-state index contributed by atoms with van der Waals surface area (Å²) in [6.07, 6.45) is 5.02. The number of hydrogen-bond donors (Lipinski definition) is 0. The van der Waals surface area contributed by atoms with Crippen molar-refractivity contribution in [2.45, 2.75) is 46.0 Å². The predicted octanol–water partition coefficient (Wildman–Crippen LogP) is 4.01. The molecule has 0 aliphatic carbocycles. The monoisotopic (exact) mass is 204 g/mol. The highest BCUT2D eigenvalue weighted by atomic mass is 16.1. The molecule has 0 bridgehead atoms. The van der Waals surface area contributed by atoms with Gasteiger partial charge in [0.25, 0.3) is 0 Å². The molecule has 82 valence electrons. The topological polar surface area (TPSA) is 17.1 Å². The van der Waals surface area contributed by atoms with Crippen molar-refractivity contribution in [1.82, 2.24) is 0 Å². The lowest BCUT2D eigenvalue weighted by Crippen LogP contribution is -1.98. The van der Waals surface area contributed by atoms with Crippen LogP contribution in [0.5, 0.6) is 0 Å². The van der Waals surface area contributed by atoms with Gasteiger partial charge in [-0.2, -0.15) is 0 Å². The van der Waals surface area contributed by atoms with Crippen LogP contribution in [0.4, 0.5) is 0 Å². The van der Waals surface area contributed by atoms with E-state index >= 15 is 0 Å². The fourth-order valence-electron chi connectivity index (χ4n) is 1.63. The smallest absolute Gasteiger partial charge is 0.162 e. The molecule has 0 saturated carbocycles. The minimum Gasteiger partial charge on any atom is -0.294 e. The van der Waals surface area contributed by atoms with Gasteiger partial charge in [-0.25, -0.2) is 0 Å². The summed E-state index contributed by atoms with van der Waals surface area (Å²) in [6, 6.07) is 8.07. The number of carbonyl (C=O) groups excluding carboxylic acids is 1. The van der Waals surface area contributed by atoms with E-state index in [4.69, 9.17) is 0 Å². The molecule has 1 nitrogen and oxygen atoms in total. The molecule has 15 heavy (non-hydrogen) atoms. The van der Waals surface area contributed by atoms with Crippen molar-refractivity contribution in [2.24, 2.45) is 0 Å². The number of aryl methyl sites for hydroxylation is 1. The molecule has 0 unspecified atom stereocenters. The number of benzene rings is 1. The summed E-state index contributed by atoms with van der Waals surface area (Å²) < 4.78 is 0. The molecule has 0 aliphatic heterocycles. The first kappa shape index (κ1) is 12.0. The van der Waals surface area contributed by atoms with Crippen molar-refractivity contribution >= 4 is 5.78 Å². The zero-order valence-corrected chi connectivity index (χ0v) is 9.75. The molecule has 1 heteroatoms. The van der Waals surface area contributed by atoms with E-state index in [1.807, 2.05) is 12.1 Å². The second-order valence-electron chi connectivity index (χ2n) is 3.97. The molecule has 0 saturated heterocycles. The second kappa shape index (κ2) is 6.39. The molecule has 0 fully saturated rings. The maximum absolute atomic E-state index is 11.7. The van der Waals surface area contributed by atoms with E-state index in [1.165, 1.54) is 5.56 Å². The van der Waals surface area contributed by atoms with Crippen molar-refractivity contribution in [3.63, 3.8) is 0 Å². The third-order valence-electron chi connectivity index (χ3n) is 2.57. The maximum atomic E-state index is 11.7. The molecule has 1 aromatic carbocycles. The summed E-state index contributed by atoms with van der Waals surface area (Å²) in [6.45, 7) is 4.28. The van der Waals surface area contributed by atoms with Gasteiger partial charge in [-0.3, -0.25) is 4.79 Å². The Morgan fingerprint density at radius 2 is 1.73 bits per heavy atom. The molecule has 0 aromatic heterocycles. The summed E-state index contributed by atoms with van der Waals surface area (Å²) in [5.74, 6) is 0.278. The molecular weight excluding hydrogens is 184 g/mol. The summed E-state index contributed by atoms with van der Waals surface area (Å²) in [5, 5.41) is 0. The highest BCUT2D eigenvalue weighted by Crippen LogP contribution is 2.10. The van der Waals surface area contributed by atoms with Crippen molar-refractivity contribution in [1.29, 1.82) is 0 Å². The number of carbonyl (C=O) groups is 1. The average Bonchev–Trinajstić information content (AvgIpc) is 2.27. The van der Waals surface area contributed by atoms with Crippen molar-refractivity contribution in [3.8, 4) is 0 Å². The van der Waals surface area contributed by atoms with E-state index in [0.717, 1.165) is 31.2 Å². The highest BCUT2D eigenvalue weighted by molar-refractivity contribution is 5.96. The number of hydrogen-bond acceptors (Lipinski definition) is 1. The van der Waals surface area contributed by atoms with Crippen LogP contribution in [0.1, 0.15) is 55.5 Å². The van der Waals surface area contributed by atoms with Gasteiger partial charge < -0.3 is 0 Å². The fourth-order valence-corrected chi connectivity index (χ4v) is 1.63. The minimum atomic E-state index is 0.278. The Bertz CT molecular complexity index is 298. The van der Waals surface area contributed by atoms with Gasteiger partial charge in [0.05, 0.1) is 0 Å². The van der Waals surface area contributed by atoms with Crippen LogP contribution in [0.15, 0.2) is 24.3 Å². The van der Waals surface area contributed by atoms with Crippen LogP contribution in [0.3, 0.4) is 0 Å². The van der Waals surface area contributed by atoms with Gasteiger partial charge in [-0.05, 0) is 18.4 Å². The third kappa shape index (κ3) is 3.86. The summed E-state index contributed by atoms with van der Waals surface area (Å²) in [4.78, 5) is 11.7. The first-order valence-corrected chi connectivity index (χ1v) is 5.90. The van der Waals surface area contributed by atoms with Crippen LogP contribution in [-0.4, -0.2) is 5.78 Å². The van der Waals surface area contributed by atoms with Gasteiger partial charge in [-0.15, -0.1) is 0 Å². The molecule has 0 heterocycles. The lowest BCUT2D eigenvalue weighted by atomic mass is 10.0. The van der Waals surface area contributed by atoms with E-state index in [9.17, 15) is 4.79 Å². The summed E-state index contributed by atoms with van der Waals surface area (Å²) in [7, 11) is 0. The molecule has 0 N–H and O–H groups in total. The SMILES string of the molecule is CCCCC(=O)c1ccc(CCC)cc1. The quantitative estimate of drug-likeness (QED) is 0.640. The number of unbranched alkanes of at least 4 members (excludes halogenated alkanes) is 1. The highest BCUT2D eigenvalue weighted by Gasteiger charge is 2.04. The van der Waals surface area contributed by atoms with Crippen LogP contribution < -0.4 is 0 Å². The van der Waals surface area contributed by atoms with E-state index < -0.39 is 0 Å². The van der Waals surface area contributed by atoms with Crippen LogP contribution >= 0.6 is 0 Å². The lowest BCUT2D eigenvalue weighted by molar-refractivity contribution is 0.0980. The lowest BCUT2D eigenvalue weighted by Gasteiger charge is -2.02. The fraction of sp³-hybridized carbons (Fsp3) is 0.500. The van der Waals surface area contributed by atoms with Crippen molar-refractivity contribution < 1.29 is 4.79 Å². The van der Waals surface area contributed by atoms with E-state index in [-0.39, 0.29) is 5.78 Å². The van der Waals surface area contributed by atoms with Gasteiger partial charge in [0.2, 0.25) is 0 Å². The molecule has 0 aliphatic rings. The number of rotatable bonds is 6. The van der Waals surface area contributed by atoms with Gasteiger partial charge in [0, 0.05) is 12.0 Å². The van der Waals surface area contributed by atoms with Crippen LogP contribution in [-0.2, 0) is 6.42 Å². The van der Waals surface area contributed by atoms with Gasteiger partial charge in [0.15, 0.2) is 5.78 Å². The Morgan fingerprint density at radius 1 is 1.07 bits per heavy atom. The maximum Gasteiger partial charge on any atom is 0.162 e. The third-order valence-corrected chi connectivity index (χ3v) is 2.57. The Labute approximate surface area is 92.5 Å². The van der Waals surface area contributed by atoms with Gasteiger partial charge >= 0.3 is 0 Å². The predicted molar refractivity (Wildman–Crippen MR) is 64.3 cm³/mol. The van der Waals surface area contributed by atoms with E-state index in [0.29, 0.717) is 6.42 Å². The Morgan fingerprint density at radius 3 is 2.27 bits per heavy atom. The average molecular weight is 204 g/mol. The first-order chi connectivity index (χ1) is 7.27. The number of Topliss-reactive ketones (excluding diaryl/α,β-unsaturated/α-hetero) is 1. The Hall–Kier alpha value is -1.11. The molecule has 1 rings (SSSR count). The molecule has 1 aromatic rings.